The summed E-state index contributed by atoms with van der Waals surface area (Å²) in [5.74, 6) is 1.11. The van der Waals surface area contributed by atoms with Crippen LogP contribution in [0, 0.1) is 11.3 Å². The van der Waals surface area contributed by atoms with Gasteiger partial charge in [0.15, 0.2) is 0 Å². The van der Waals surface area contributed by atoms with Gasteiger partial charge >= 0.3 is 0 Å². The minimum atomic E-state index is -0.0614. The van der Waals surface area contributed by atoms with Crippen LogP contribution in [-0.2, 0) is 4.79 Å². The van der Waals surface area contributed by atoms with Crippen molar-refractivity contribution in [1.29, 1.82) is 0 Å². The van der Waals surface area contributed by atoms with Gasteiger partial charge < -0.3 is 10.6 Å². The number of piperidine rings is 1. The number of carbonyl (C=O) groups is 1. The van der Waals surface area contributed by atoms with Crippen LogP contribution in [0.5, 0.6) is 0 Å². The third-order valence-electron chi connectivity index (χ3n) is 4.55. The van der Waals surface area contributed by atoms with Gasteiger partial charge in [-0.25, -0.2) is 0 Å². The highest BCUT2D eigenvalue weighted by Crippen LogP contribution is 2.37. The molecule has 2 aliphatic rings. The summed E-state index contributed by atoms with van der Waals surface area (Å²) in [6.45, 7) is 5.30. The maximum absolute atomic E-state index is 12.1. The average Bonchev–Trinajstić information content (AvgIpc) is 2.79. The van der Waals surface area contributed by atoms with Crippen molar-refractivity contribution in [2.24, 2.45) is 11.3 Å². The highest BCUT2D eigenvalue weighted by atomic mass is 16.2. The first-order valence-electron chi connectivity index (χ1n) is 7.20. The molecule has 0 unspecified atom stereocenters. The molecule has 0 spiro atoms. The Bertz CT molecular complexity index is 253. The van der Waals surface area contributed by atoms with Crippen molar-refractivity contribution in [1.82, 2.24) is 10.6 Å². The summed E-state index contributed by atoms with van der Waals surface area (Å²) >= 11 is 0. The van der Waals surface area contributed by atoms with Gasteiger partial charge in [-0.1, -0.05) is 19.8 Å². The second kappa shape index (κ2) is 5.85. The number of amides is 1. The summed E-state index contributed by atoms with van der Waals surface area (Å²) in [6, 6.07) is 0. The summed E-state index contributed by atoms with van der Waals surface area (Å²) in [6.07, 6.45) is 8.29. The van der Waals surface area contributed by atoms with Gasteiger partial charge in [0.1, 0.15) is 0 Å². The normalized spacial score (nSPS) is 24.8. The molecule has 98 valence electrons. The second-order valence-electron chi connectivity index (χ2n) is 6.01. The Labute approximate surface area is 105 Å². The number of rotatable bonds is 4. The second-order valence-corrected chi connectivity index (χ2v) is 6.01. The number of nitrogens with one attached hydrogen (secondary N) is 2. The molecular formula is C14H26N2O. The predicted octanol–water partition coefficient (Wildman–Crippen LogP) is 2.07. The van der Waals surface area contributed by atoms with Gasteiger partial charge in [-0.05, 0) is 51.1 Å². The molecule has 17 heavy (non-hydrogen) atoms. The Kier molecular flexibility index (Phi) is 4.43. The van der Waals surface area contributed by atoms with Crippen molar-refractivity contribution in [3.8, 4) is 0 Å². The van der Waals surface area contributed by atoms with Gasteiger partial charge in [0, 0.05) is 12.0 Å². The quantitative estimate of drug-likeness (QED) is 0.787. The van der Waals surface area contributed by atoms with Gasteiger partial charge in [-0.2, -0.15) is 0 Å². The molecule has 0 aromatic heterocycles. The maximum atomic E-state index is 12.1. The average molecular weight is 238 g/mol. The van der Waals surface area contributed by atoms with E-state index in [0.29, 0.717) is 5.91 Å². The van der Waals surface area contributed by atoms with Crippen LogP contribution < -0.4 is 10.6 Å². The summed E-state index contributed by atoms with van der Waals surface area (Å²) in [7, 11) is 0. The summed E-state index contributed by atoms with van der Waals surface area (Å²) in [4.78, 5) is 12.1. The van der Waals surface area contributed by atoms with E-state index in [1.54, 1.807) is 0 Å². The van der Waals surface area contributed by atoms with Gasteiger partial charge in [-0.15, -0.1) is 0 Å². The third-order valence-corrected chi connectivity index (χ3v) is 4.55. The fourth-order valence-corrected chi connectivity index (χ4v) is 3.16. The molecule has 1 aliphatic carbocycles. The highest BCUT2D eigenvalue weighted by molar-refractivity contribution is 5.82. The van der Waals surface area contributed by atoms with Crippen molar-refractivity contribution >= 4 is 5.91 Å². The predicted molar refractivity (Wildman–Crippen MR) is 69.8 cm³/mol. The van der Waals surface area contributed by atoms with Crippen molar-refractivity contribution in [3.63, 3.8) is 0 Å². The van der Waals surface area contributed by atoms with Crippen LogP contribution in [0.15, 0.2) is 0 Å². The molecule has 0 bridgehead atoms. The standard InChI is InChI=1S/C14H26N2O/c1-14(7-2-3-8-14)13(17)16-11-6-12-4-9-15-10-5-12/h12,15H,2-11H2,1H3,(H,16,17). The molecule has 2 rings (SSSR count). The Balaban J connectivity index is 1.65. The zero-order valence-corrected chi connectivity index (χ0v) is 11.1. The molecule has 2 N–H and O–H groups in total. The molecule has 1 saturated heterocycles. The van der Waals surface area contributed by atoms with E-state index in [2.05, 4.69) is 17.6 Å². The third kappa shape index (κ3) is 3.44. The van der Waals surface area contributed by atoms with E-state index >= 15 is 0 Å². The lowest BCUT2D eigenvalue weighted by atomic mass is 9.87. The van der Waals surface area contributed by atoms with Crippen LogP contribution in [0.3, 0.4) is 0 Å². The maximum Gasteiger partial charge on any atom is 0.225 e. The van der Waals surface area contributed by atoms with Crippen molar-refractivity contribution < 1.29 is 4.79 Å². The van der Waals surface area contributed by atoms with E-state index < -0.39 is 0 Å². The van der Waals surface area contributed by atoms with Gasteiger partial charge in [0.05, 0.1) is 0 Å². The molecule has 1 heterocycles. The lowest BCUT2D eigenvalue weighted by Gasteiger charge is -2.25. The largest absolute Gasteiger partial charge is 0.356 e. The van der Waals surface area contributed by atoms with Crippen molar-refractivity contribution in [3.05, 3.63) is 0 Å². The van der Waals surface area contributed by atoms with E-state index in [0.717, 1.165) is 44.8 Å². The summed E-state index contributed by atoms with van der Waals surface area (Å²) in [5, 5.41) is 6.53. The van der Waals surface area contributed by atoms with Crippen LogP contribution in [0.1, 0.15) is 51.9 Å². The zero-order chi connectivity index (χ0) is 12.1. The van der Waals surface area contributed by atoms with Gasteiger partial charge in [-0.3, -0.25) is 4.79 Å². The Hall–Kier alpha value is -0.570. The first kappa shape index (κ1) is 12.9. The topological polar surface area (TPSA) is 41.1 Å². The molecule has 1 amide bonds. The Morgan fingerprint density at radius 2 is 1.94 bits per heavy atom. The molecule has 3 nitrogen and oxygen atoms in total. The molecule has 1 aliphatic heterocycles. The number of hydrogen-bond acceptors (Lipinski definition) is 2. The molecule has 1 saturated carbocycles. The number of carbonyl (C=O) groups excluding carboxylic acids is 1. The van der Waals surface area contributed by atoms with Crippen LogP contribution in [0.25, 0.3) is 0 Å². The van der Waals surface area contributed by atoms with Crippen LogP contribution in [0.2, 0.25) is 0 Å². The molecule has 0 atom stereocenters. The molecule has 2 fully saturated rings. The van der Waals surface area contributed by atoms with Crippen molar-refractivity contribution in [2.75, 3.05) is 19.6 Å². The number of hydrogen-bond donors (Lipinski definition) is 2. The fourth-order valence-electron chi connectivity index (χ4n) is 3.16. The smallest absolute Gasteiger partial charge is 0.225 e. The summed E-state index contributed by atoms with van der Waals surface area (Å²) < 4.78 is 0. The minimum Gasteiger partial charge on any atom is -0.356 e. The van der Waals surface area contributed by atoms with E-state index in [1.807, 2.05) is 0 Å². The fraction of sp³-hybridized carbons (Fsp3) is 0.929. The van der Waals surface area contributed by atoms with Crippen LogP contribution in [0.4, 0.5) is 0 Å². The summed E-state index contributed by atoms with van der Waals surface area (Å²) in [5.41, 5.74) is -0.0614. The van der Waals surface area contributed by atoms with E-state index in [1.165, 1.54) is 25.7 Å². The minimum absolute atomic E-state index is 0.0614. The van der Waals surface area contributed by atoms with E-state index in [-0.39, 0.29) is 5.41 Å². The molecule has 0 radical (unpaired) electrons. The lowest BCUT2D eigenvalue weighted by Crippen LogP contribution is -2.38. The van der Waals surface area contributed by atoms with Gasteiger partial charge in [0.2, 0.25) is 5.91 Å². The van der Waals surface area contributed by atoms with Crippen LogP contribution in [-0.4, -0.2) is 25.5 Å². The van der Waals surface area contributed by atoms with E-state index in [4.69, 9.17) is 0 Å². The lowest BCUT2D eigenvalue weighted by molar-refractivity contribution is -0.129. The highest BCUT2D eigenvalue weighted by Gasteiger charge is 2.35. The van der Waals surface area contributed by atoms with E-state index in [9.17, 15) is 4.79 Å². The first-order valence-corrected chi connectivity index (χ1v) is 7.20. The first-order chi connectivity index (χ1) is 8.21. The Morgan fingerprint density at radius 1 is 1.29 bits per heavy atom. The molecule has 0 aromatic rings. The van der Waals surface area contributed by atoms with Crippen LogP contribution >= 0.6 is 0 Å². The molecular weight excluding hydrogens is 212 g/mol. The SMILES string of the molecule is CC1(C(=O)NCCC2CCNCC2)CCCC1. The van der Waals surface area contributed by atoms with Gasteiger partial charge in [0.25, 0.3) is 0 Å². The monoisotopic (exact) mass is 238 g/mol. The zero-order valence-electron chi connectivity index (χ0n) is 11.1. The Morgan fingerprint density at radius 3 is 2.59 bits per heavy atom. The molecule has 3 heteroatoms. The van der Waals surface area contributed by atoms with Crippen molar-refractivity contribution in [2.45, 2.75) is 51.9 Å². The molecule has 0 aromatic carbocycles.